The topological polar surface area (TPSA) is 58.6 Å². The number of sulfonamides is 1. The first kappa shape index (κ1) is 17.4. The van der Waals surface area contributed by atoms with Gasteiger partial charge in [-0.25, -0.2) is 8.42 Å². The highest BCUT2D eigenvalue weighted by Gasteiger charge is 2.36. The van der Waals surface area contributed by atoms with Crippen LogP contribution in [0.3, 0.4) is 0 Å². The molecule has 124 valence electrons. The quantitative estimate of drug-likeness (QED) is 0.862. The molecule has 0 amide bonds. The second-order valence-electron chi connectivity index (χ2n) is 5.74. The number of aryl methyl sites for hydroxylation is 1. The number of benzene rings is 1. The van der Waals surface area contributed by atoms with Crippen LogP contribution in [-0.2, 0) is 21.2 Å². The van der Waals surface area contributed by atoms with E-state index in [-0.39, 0.29) is 12.6 Å². The van der Waals surface area contributed by atoms with Crippen molar-refractivity contribution >= 4 is 10.0 Å². The Morgan fingerprint density at radius 2 is 2.05 bits per heavy atom. The Kier molecular flexibility index (Phi) is 5.97. The Morgan fingerprint density at radius 3 is 2.64 bits per heavy atom. The Bertz CT molecular complexity index is 572. The van der Waals surface area contributed by atoms with E-state index in [2.05, 4.69) is 24.4 Å². The van der Waals surface area contributed by atoms with Crippen molar-refractivity contribution in [3.05, 3.63) is 35.4 Å². The Morgan fingerprint density at radius 1 is 1.36 bits per heavy atom. The molecule has 2 unspecified atom stereocenters. The van der Waals surface area contributed by atoms with Crippen LogP contribution < -0.4 is 5.32 Å². The maximum absolute atomic E-state index is 12.8. The van der Waals surface area contributed by atoms with Gasteiger partial charge in [-0.3, -0.25) is 0 Å². The number of nitrogens with zero attached hydrogens (tertiary/aromatic N) is 1. The van der Waals surface area contributed by atoms with Crippen LogP contribution in [0.2, 0.25) is 0 Å². The number of nitrogens with one attached hydrogen (secondary N) is 1. The van der Waals surface area contributed by atoms with E-state index in [9.17, 15) is 8.42 Å². The third-order valence-electron chi connectivity index (χ3n) is 4.20. The Balaban J connectivity index is 2.27. The summed E-state index contributed by atoms with van der Waals surface area (Å²) in [6.45, 7) is 5.86. The third kappa shape index (κ3) is 3.68. The van der Waals surface area contributed by atoms with Crippen molar-refractivity contribution < 1.29 is 13.2 Å². The molecule has 0 radical (unpaired) electrons. The molecule has 1 aromatic carbocycles. The molecule has 1 N–H and O–H groups in total. The molecule has 0 spiro atoms. The van der Waals surface area contributed by atoms with Crippen molar-refractivity contribution in [2.45, 2.75) is 31.6 Å². The zero-order chi connectivity index (χ0) is 16.2. The molecule has 22 heavy (non-hydrogen) atoms. The zero-order valence-corrected chi connectivity index (χ0v) is 14.4. The van der Waals surface area contributed by atoms with Gasteiger partial charge in [0.25, 0.3) is 0 Å². The summed E-state index contributed by atoms with van der Waals surface area (Å²) in [5.41, 5.74) is 2.30. The number of rotatable bonds is 6. The molecule has 2 atom stereocenters. The summed E-state index contributed by atoms with van der Waals surface area (Å²) in [7, 11) is -1.84. The first-order valence-corrected chi connectivity index (χ1v) is 9.30. The fraction of sp³-hybridized carbons (Fsp3) is 0.625. The highest BCUT2D eigenvalue weighted by molar-refractivity contribution is 7.89. The standard InChI is InChI=1S/C16H26N2O3S/c1-4-14-5-7-15(8-6-14)16-11-17-9-10-18(16)22(19,20)13(2)12-21-3/h5-8,13,16-17H,4,9-12H2,1-3H3. The van der Waals surface area contributed by atoms with Gasteiger partial charge in [-0.15, -0.1) is 0 Å². The number of piperazine rings is 1. The van der Waals surface area contributed by atoms with Gasteiger partial charge in [-0.05, 0) is 24.5 Å². The van der Waals surface area contributed by atoms with Crippen LogP contribution in [0.25, 0.3) is 0 Å². The van der Waals surface area contributed by atoms with E-state index in [1.54, 1.807) is 11.2 Å². The lowest BCUT2D eigenvalue weighted by molar-refractivity contribution is 0.194. The molecule has 0 bridgehead atoms. The number of hydrogen-bond donors (Lipinski definition) is 1. The number of methoxy groups -OCH3 is 1. The molecule has 0 aliphatic carbocycles. The molecule has 1 fully saturated rings. The van der Waals surface area contributed by atoms with Crippen LogP contribution in [0, 0.1) is 0 Å². The number of ether oxygens (including phenoxy) is 1. The van der Waals surface area contributed by atoms with E-state index in [1.165, 1.54) is 12.7 Å². The molecular formula is C16H26N2O3S. The van der Waals surface area contributed by atoms with Crippen LogP contribution in [-0.4, -0.2) is 51.3 Å². The highest BCUT2D eigenvalue weighted by Crippen LogP contribution is 2.27. The highest BCUT2D eigenvalue weighted by atomic mass is 32.2. The maximum atomic E-state index is 12.8. The number of hydrogen-bond acceptors (Lipinski definition) is 4. The minimum absolute atomic E-state index is 0.149. The van der Waals surface area contributed by atoms with Gasteiger partial charge in [0.15, 0.2) is 0 Å². The molecule has 6 heteroatoms. The predicted octanol–water partition coefficient (Wildman–Crippen LogP) is 1.56. The summed E-state index contributed by atoms with van der Waals surface area (Å²) < 4.78 is 32.3. The average Bonchev–Trinajstić information content (AvgIpc) is 2.55. The van der Waals surface area contributed by atoms with Crippen molar-refractivity contribution in [2.75, 3.05) is 33.4 Å². The second-order valence-corrected chi connectivity index (χ2v) is 8.04. The second kappa shape index (κ2) is 7.55. The molecule has 1 aliphatic rings. The van der Waals surface area contributed by atoms with Gasteiger partial charge in [-0.2, -0.15) is 4.31 Å². The van der Waals surface area contributed by atoms with Crippen molar-refractivity contribution in [3.8, 4) is 0 Å². The van der Waals surface area contributed by atoms with Gasteiger partial charge in [0.1, 0.15) is 0 Å². The van der Waals surface area contributed by atoms with Crippen LogP contribution in [0.15, 0.2) is 24.3 Å². The molecule has 1 aromatic rings. The summed E-state index contributed by atoms with van der Waals surface area (Å²) in [6, 6.07) is 8.09. The lowest BCUT2D eigenvalue weighted by Gasteiger charge is -2.37. The summed E-state index contributed by atoms with van der Waals surface area (Å²) in [6.07, 6.45) is 0.982. The van der Waals surface area contributed by atoms with Crippen molar-refractivity contribution in [2.24, 2.45) is 0 Å². The van der Waals surface area contributed by atoms with E-state index in [0.29, 0.717) is 19.6 Å². The normalized spacial score (nSPS) is 21.7. The van der Waals surface area contributed by atoms with Gasteiger partial charge in [0.2, 0.25) is 10.0 Å². The first-order chi connectivity index (χ1) is 10.5. The van der Waals surface area contributed by atoms with E-state index in [1.807, 2.05) is 12.1 Å². The average molecular weight is 326 g/mol. The lowest BCUT2D eigenvalue weighted by Crippen LogP contribution is -2.51. The van der Waals surface area contributed by atoms with E-state index in [0.717, 1.165) is 12.0 Å². The molecule has 0 aromatic heterocycles. The summed E-state index contributed by atoms with van der Waals surface area (Å²) in [5.74, 6) is 0. The minimum Gasteiger partial charge on any atom is -0.383 e. The third-order valence-corrected chi connectivity index (χ3v) is 6.45. The molecule has 0 saturated carbocycles. The Labute approximate surface area is 133 Å². The van der Waals surface area contributed by atoms with Crippen LogP contribution >= 0.6 is 0 Å². The SMILES string of the molecule is CCc1ccc(C2CNCCN2S(=O)(=O)C(C)COC)cc1. The first-order valence-electron chi connectivity index (χ1n) is 7.79. The van der Waals surface area contributed by atoms with E-state index in [4.69, 9.17) is 4.74 Å². The van der Waals surface area contributed by atoms with Crippen molar-refractivity contribution in [1.82, 2.24) is 9.62 Å². The van der Waals surface area contributed by atoms with Gasteiger partial charge in [0, 0.05) is 26.7 Å². The van der Waals surface area contributed by atoms with Crippen molar-refractivity contribution in [1.29, 1.82) is 0 Å². The minimum atomic E-state index is -3.37. The van der Waals surface area contributed by atoms with Gasteiger partial charge in [0.05, 0.1) is 17.9 Å². The molecule has 1 saturated heterocycles. The smallest absolute Gasteiger partial charge is 0.219 e. The predicted molar refractivity (Wildman–Crippen MR) is 88.4 cm³/mol. The molecule has 1 heterocycles. The summed E-state index contributed by atoms with van der Waals surface area (Å²) >= 11 is 0. The van der Waals surface area contributed by atoms with Crippen LogP contribution in [0.5, 0.6) is 0 Å². The fourth-order valence-corrected chi connectivity index (χ4v) is 4.47. The fourth-order valence-electron chi connectivity index (χ4n) is 2.80. The molecule has 2 rings (SSSR count). The van der Waals surface area contributed by atoms with Crippen LogP contribution in [0.4, 0.5) is 0 Å². The van der Waals surface area contributed by atoms with Gasteiger partial charge < -0.3 is 10.1 Å². The molecule has 5 nitrogen and oxygen atoms in total. The molecular weight excluding hydrogens is 300 g/mol. The maximum Gasteiger partial charge on any atom is 0.219 e. The lowest BCUT2D eigenvalue weighted by atomic mass is 10.0. The van der Waals surface area contributed by atoms with Gasteiger partial charge in [-0.1, -0.05) is 31.2 Å². The Hall–Kier alpha value is -0.950. The molecule has 1 aliphatic heterocycles. The van der Waals surface area contributed by atoms with Crippen LogP contribution in [0.1, 0.15) is 31.0 Å². The van der Waals surface area contributed by atoms with E-state index >= 15 is 0 Å². The summed E-state index contributed by atoms with van der Waals surface area (Å²) in [5, 5.41) is 2.76. The van der Waals surface area contributed by atoms with Gasteiger partial charge >= 0.3 is 0 Å². The largest absolute Gasteiger partial charge is 0.383 e. The van der Waals surface area contributed by atoms with E-state index < -0.39 is 15.3 Å². The monoisotopic (exact) mass is 326 g/mol. The zero-order valence-electron chi connectivity index (χ0n) is 13.6. The summed E-state index contributed by atoms with van der Waals surface area (Å²) in [4.78, 5) is 0. The van der Waals surface area contributed by atoms with Crippen molar-refractivity contribution in [3.63, 3.8) is 0 Å².